The molecule has 0 radical (unpaired) electrons. The lowest BCUT2D eigenvalue weighted by Gasteiger charge is -2.24. The van der Waals surface area contributed by atoms with E-state index >= 15 is 0 Å². The average Bonchev–Trinajstić information content (AvgIpc) is 3.52. The minimum atomic E-state index is -0.924. The summed E-state index contributed by atoms with van der Waals surface area (Å²) in [5.74, 6) is -0.360. The fourth-order valence-corrected chi connectivity index (χ4v) is 6.88. The molecule has 1 fully saturated rings. The van der Waals surface area contributed by atoms with Crippen LogP contribution >= 0.6 is 23.2 Å². The quantitative estimate of drug-likeness (QED) is 0.113. The summed E-state index contributed by atoms with van der Waals surface area (Å²) in [7, 11) is 1.58. The maximum Gasteiger partial charge on any atom is 0.305 e. The van der Waals surface area contributed by atoms with E-state index in [2.05, 4.69) is 20.9 Å². The number of carbonyl (C=O) groups is 2. The molecule has 0 saturated carbocycles. The second kappa shape index (κ2) is 15.2. The first-order chi connectivity index (χ1) is 24.4. The van der Waals surface area contributed by atoms with Gasteiger partial charge in [0.05, 0.1) is 34.8 Å². The number of nitrogens with one attached hydrogen (secondary N) is 3. The van der Waals surface area contributed by atoms with Crippen molar-refractivity contribution in [1.82, 2.24) is 30.3 Å². The van der Waals surface area contributed by atoms with Crippen LogP contribution in [-0.4, -0.2) is 56.6 Å². The zero-order valence-electron chi connectivity index (χ0n) is 28.4. The van der Waals surface area contributed by atoms with Gasteiger partial charge in [0.2, 0.25) is 11.8 Å². The van der Waals surface area contributed by atoms with Crippen molar-refractivity contribution in [3.8, 4) is 39.4 Å². The predicted octanol–water partition coefficient (Wildman–Crippen LogP) is 6.12. The highest BCUT2D eigenvalue weighted by Crippen LogP contribution is 2.42. The topological polar surface area (TPSA) is 147 Å². The van der Waals surface area contributed by atoms with Crippen LogP contribution in [0.5, 0.6) is 5.88 Å². The Hall–Kier alpha value is -4.81. The molecule has 4 N–H and O–H groups in total. The van der Waals surface area contributed by atoms with Gasteiger partial charge in [0.1, 0.15) is 5.65 Å². The summed E-state index contributed by atoms with van der Waals surface area (Å²) < 4.78 is 7.09. The van der Waals surface area contributed by atoms with Crippen molar-refractivity contribution >= 4 is 40.7 Å². The SMILES string of the molecule is COc1nc(-c2cccc(-c3cccc(-c4ccn5c(=O)c(CNC(C)(C)CC(=O)O)cnc5c4)c3Cl)c2Cl)ccc1CNC[C@H]1CCC(=O)N1. The molecule has 51 heavy (non-hydrogen) atoms. The smallest absolute Gasteiger partial charge is 0.305 e. The monoisotopic (exact) mass is 728 g/mol. The van der Waals surface area contributed by atoms with Crippen LogP contribution in [0.1, 0.15) is 44.2 Å². The van der Waals surface area contributed by atoms with Gasteiger partial charge < -0.3 is 25.8 Å². The number of fused-ring (bicyclic) bond motifs is 1. The van der Waals surface area contributed by atoms with Crippen molar-refractivity contribution in [2.75, 3.05) is 13.7 Å². The maximum absolute atomic E-state index is 13.3. The zero-order chi connectivity index (χ0) is 36.3. The molecule has 1 aliphatic rings. The Morgan fingerprint density at radius 3 is 2.39 bits per heavy atom. The number of hydrogen-bond donors (Lipinski definition) is 4. The summed E-state index contributed by atoms with van der Waals surface area (Å²) in [6, 6.07) is 19.0. The molecule has 11 nitrogen and oxygen atoms in total. The number of nitrogens with zero attached hydrogens (tertiary/aromatic N) is 3. The van der Waals surface area contributed by atoms with Gasteiger partial charge in [0.15, 0.2) is 0 Å². The van der Waals surface area contributed by atoms with Gasteiger partial charge in [-0.05, 0) is 44.0 Å². The largest absolute Gasteiger partial charge is 0.481 e. The van der Waals surface area contributed by atoms with Gasteiger partial charge in [0.25, 0.3) is 5.56 Å². The number of carbonyl (C=O) groups excluding carboxylic acids is 1. The highest BCUT2D eigenvalue weighted by atomic mass is 35.5. The highest BCUT2D eigenvalue weighted by Gasteiger charge is 2.23. The second-order valence-electron chi connectivity index (χ2n) is 13.2. The first kappa shape index (κ1) is 36.0. The summed E-state index contributed by atoms with van der Waals surface area (Å²) in [5.41, 5.74) is 5.11. The number of methoxy groups -OCH3 is 1. The third kappa shape index (κ3) is 8.07. The van der Waals surface area contributed by atoms with E-state index in [0.717, 1.165) is 34.2 Å². The molecule has 0 spiro atoms. The zero-order valence-corrected chi connectivity index (χ0v) is 29.9. The van der Waals surface area contributed by atoms with Gasteiger partial charge >= 0.3 is 5.97 Å². The first-order valence-electron chi connectivity index (χ1n) is 16.5. The average molecular weight is 730 g/mol. The van der Waals surface area contributed by atoms with Crippen molar-refractivity contribution in [3.63, 3.8) is 0 Å². The van der Waals surface area contributed by atoms with Gasteiger partial charge in [0, 0.05) is 77.8 Å². The van der Waals surface area contributed by atoms with E-state index in [1.54, 1.807) is 39.3 Å². The molecule has 3 aromatic heterocycles. The van der Waals surface area contributed by atoms with Gasteiger partial charge in [-0.3, -0.25) is 18.8 Å². The lowest BCUT2D eigenvalue weighted by Crippen LogP contribution is -2.41. The summed E-state index contributed by atoms with van der Waals surface area (Å²) in [4.78, 5) is 45.3. The molecule has 1 saturated heterocycles. The number of ether oxygens (including phenoxy) is 1. The van der Waals surface area contributed by atoms with Crippen LogP contribution in [0.2, 0.25) is 10.0 Å². The lowest BCUT2D eigenvalue weighted by molar-refractivity contribution is -0.138. The second-order valence-corrected chi connectivity index (χ2v) is 13.9. The van der Waals surface area contributed by atoms with E-state index in [1.807, 2.05) is 48.5 Å². The van der Waals surface area contributed by atoms with Gasteiger partial charge in [-0.15, -0.1) is 0 Å². The molecule has 4 heterocycles. The maximum atomic E-state index is 13.3. The number of aromatic nitrogens is 3. The third-order valence-electron chi connectivity index (χ3n) is 8.93. The van der Waals surface area contributed by atoms with Crippen LogP contribution in [0.15, 0.2) is 77.9 Å². The number of rotatable bonds is 13. The minimum Gasteiger partial charge on any atom is -0.481 e. The summed E-state index contributed by atoms with van der Waals surface area (Å²) in [6.07, 6.45) is 4.46. The summed E-state index contributed by atoms with van der Waals surface area (Å²) in [6.45, 7) is 4.91. The Bertz CT molecular complexity index is 2190. The predicted molar refractivity (Wildman–Crippen MR) is 198 cm³/mol. The number of hydrogen-bond acceptors (Lipinski definition) is 8. The molecule has 6 rings (SSSR count). The highest BCUT2D eigenvalue weighted by molar-refractivity contribution is 6.39. The van der Waals surface area contributed by atoms with Crippen molar-refractivity contribution in [1.29, 1.82) is 0 Å². The number of carboxylic acid groups (broad SMARTS) is 1. The van der Waals surface area contributed by atoms with E-state index in [-0.39, 0.29) is 30.5 Å². The first-order valence-corrected chi connectivity index (χ1v) is 17.3. The number of pyridine rings is 2. The Kier molecular flexibility index (Phi) is 10.7. The molecule has 1 amide bonds. The summed E-state index contributed by atoms with van der Waals surface area (Å²) >= 11 is 14.2. The van der Waals surface area contributed by atoms with Crippen LogP contribution in [0.25, 0.3) is 39.2 Å². The van der Waals surface area contributed by atoms with Crippen molar-refractivity contribution in [2.45, 2.75) is 57.8 Å². The molecule has 0 unspecified atom stereocenters. The molecule has 13 heteroatoms. The Labute approximate surface area is 305 Å². The van der Waals surface area contributed by atoms with E-state index < -0.39 is 11.5 Å². The normalized spacial score (nSPS) is 14.5. The molecule has 1 atom stereocenters. The van der Waals surface area contributed by atoms with Crippen molar-refractivity contribution in [3.05, 3.63) is 105 Å². The van der Waals surface area contributed by atoms with Crippen LogP contribution in [-0.2, 0) is 22.7 Å². The van der Waals surface area contributed by atoms with Gasteiger partial charge in [-0.1, -0.05) is 65.7 Å². The Morgan fingerprint density at radius 2 is 1.71 bits per heavy atom. The molecule has 264 valence electrons. The summed E-state index contributed by atoms with van der Waals surface area (Å²) in [5, 5.41) is 19.6. The van der Waals surface area contributed by atoms with Crippen LogP contribution in [0, 0.1) is 0 Å². The van der Waals surface area contributed by atoms with Crippen LogP contribution in [0.3, 0.4) is 0 Å². The Balaban J connectivity index is 1.24. The van der Waals surface area contributed by atoms with Gasteiger partial charge in [-0.25, -0.2) is 9.97 Å². The molecule has 1 aliphatic heterocycles. The van der Waals surface area contributed by atoms with Crippen molar-refractivity contribution < 1.29 is 19.4 Å². The number of halogens is 2. The van der Waals surface area contributed by atoms with E-state index in [9.17, 15) is 14.4 Å². The molecule has 0 aliphatic carbocycles. The number of carboxylic acids is 1. The Morgan fingerprint density at radius 1 is 1.00 bits per heavy atom. The molecule has 0 bridgehead atoms. The lowest BCUT2D eigenvalue weighted by atomic mass is 9.97. The molecule has 5 aromatic rings. The van der Waals surface area contributed by atoms with Crippen molar-refractivity contribution in [2.24, 2.45) is 0 Å². The standard InChI is InChI=1S/C38H38Cl2N6O5/c1-38(2,17-33(48)49)43-20-24-19-42-31-16-22(14-15-46(31)37(24)50)26-6-4-7-27(34(26)39)28-8-5-9-29(35(28)40)30-12-10-23(36(45-30)51-3)18-41-21-25-11-13-32(47)44-25/h4-10,12,14-16,19,25,41,43H,11,13,17-18,20-21H2,1-3H3,(H,44,47)(H,48,49)/t25-/m1/s1. The molecule has 2 aromatic carbocycles. The van der Waals surface area contributed by atoms with E-state index in [0.29, 0.717) is 57.9 Å². The number of aliphatic carboxylic acids is 1. The number of amides is 1. The fourth-order valence-electron chi connectivity index (χ4n) is 6.22. The van der Waals surface area contributed by atoms with E-state index in [4.69, 9.17) is 38.0 Å². The van der Waals surface area contributed by atoms with Gasteiger partial charge in [-0.2, -0.15) is 0 Å². The molecular weight excluding hydrogens is 691 g/mol. The minimum absolute atomic E-state index is 0.0858. The van der Waals surface area contributed by atoms with Crippen LogP contribution < -0.4 is 26.2 Å². The van der Waals surface area contributed by atoms with E-state index in [1.165, 1.54) is 10.6 Å². The number of benzene rings is 2. The molecular formula is C38H38Cl2N6O5. The fraction of sp³-hybridized carbons (Fsp3) is 0.289. The third-order valence-corrected chi connectivity index (χ3v) is 9.74. The van der Waals surface area contributed by atoms with Crippen LogP contribution in [0.4, 0.5) is 0 Å².